The van der Waals surface area contributed by atoms with Gasteiger partial charge in [-0.3, -0.25) is 9.88 Å². The molecule has 0 unspecified atom stereocenters. The Labute approximate surface area is 119 Å². The van der Waals surface area contributed by atoms with E-state index in [1.54, 1.807) is 0 Å². The summed E-state index contributed by atoms with van der Waals surface area (Å²) in [4.78, 5) is 11.1. The van der Waals surface area contributed by atoms with E-state index in [1.807, 2.05) is 13.2 Å². The second kappa shape index (κ2) is 5.71. The van der Waals surface area contributed by atoms with Gasteiger partial charge in [0.2, 0.25) is 5.89 Å². The summed E-state index contributed by atoms with van der Waals surface area (Å²) in [6, 6.07) is 4.22. The van der Waals surface area contributed by atoms with Gasteiger partial charge in [-0.2, -0.15) is 4.98 Å². The summed E-state index contributed by atoms with van der Waals surface area (Å²) in [7, 11) is 2.04. The summed E-state index contributed by atoms with van der Waals surface area (Å²) in [6.45, 7) is 3.61. The normalized spacial score (nSPS) is 14.9. The molecule has 0 amide bonds. The highest BCUT2D eigenvalue weighted by Crippen LogP contribution is 2.38. The van der Waals surface area contributed by atoms with Gasteiger partial charge in [-0.25, -0.2) is 0 Å². The lowest BCUT2D eigenvalue weighted by atomic mass is 10.2. The molecule has 0 N–H and O–H groups in total. The van der Waals surface area contributed by atoms with Gasteiger partial charge in [-0.05, 0) is 37.9 Å². The third-order valence-corrected chi connectivity index (χ3v) is 3.55. The van der Waals surface area contributed by atoms with Crippen molar-refractivity contribution in [3.63, 3.8) is 0 Å². The fourth-order valence-corrected chi connectivity index (χ4v) is 2.16. The van der Waals surface area contributed by atoms with Crippen LogP contribution in [0.2, 0.25) is 0 Å². The molecule has 0 aromatic carbocycles. The van der Waals surface area contributed by atoms with Gasteiger partial charge in [0.05, 0.1) is 12.2 Å². The van der Waals surface area contributed by atoms with Gasteiger partial charge < -0.3 is 4.52 Å². The Kier molecular flexibility index (Phi) is 3.78. The largest absolute Gasteiger partial charge is 0.339 e. The number of aromatic nitrogens is 3. The third kappa shape index (κ3) is 3.22. The van der Waals surface area contributed by atoms with Crippen molar-refractivity contribution in [1.82, 2.24) is 20.0 Å². The Morgan fingerprint density at radius 1 is 1.30 bits per heavy atom. The molecule has 1 aliphatic rings. The minimum Gasteiger partial charge on any atom is -0.339 e. The molecule has 0 radical (unpaired) electrons. The van der Waals surface area contributed by atoms with Crippen LogP contribution >= 0.6 is 0 Å². The van der Waals surface area contributed by atoms with Crippen LogP contribution in [0.15, 0.2) is 22.9 Å². The fourth-order valence-electron chi connectivity index (χ4n) is 2.16. The maximum absolute atomic E-state index is 5.27. The van der Waals surface area contributed by atoms with Crippen LogP contribution in [0.1, 0.15) is 48.7 Å². The lowest BCUT2D eigenvalue weighted by Gasteiger charge is -2.13. The van der Waals surface area contributed by atoms with Crippen molar-refractivity contribution in [1.29, 1.82) is 0 Å². The number of aryl methyl sites for hydroxylation is 1. The van der Waals surface area contributed by atoms with E-state index >= 15 is 0 Å². The Hall–Kier alpha value is -1.75. The number of pyridine rings is 1. The van der Waals surface area contributed by atoms with Gasteiger partial charge in [-0.15, -0.1) is 0 Å². The van der Waals surface area contributed by atoms with E-state index in [-0.39, 0.29) is 0 Å². The highest BCUT2D eigenvalue weighted by molar-refractivity contribution is 5.13. The first-order valence-electron chi connectivity index (χ1n) is 7.19. The average molecular weight is 272 g/mol. The molecule has 1 fully saturated rings. The van der Waals surface area contributed by atoms with Crippen LogP contribution in [-0.2, 0) is 19.5 Å². The first-order valence-corrected chi connectivity index (χ1v) is 7.19. The number of rotatable bonds is 6. The van der Waals surface area contributed by atoms with Crippen LogP contribution in [0.25, 0.3) is 0 Å². The first kappa shape index (κ1) is 13.2. The molecule has 1 aliphatic carbocycles. The number of hydrogen-bond acceptors (Lipinski definition) is 5. The number of hydrogen-bond donors (Lipinski definition) is 0. The van der Waals surface area contributed by atoms with Gasteiger partial charge in [-0.1, -0.05) is 18.1 Å². The molecular weight excluding hydrogens is 252 g/mol. The quantitative estimate of drug-likeness (QED) is 0.809. The lowest BCUT2D eigenvalue weighted by molar-refractivity contribution is 0.296. The molecule has 0 atom stereocenters. The van der Waals surface area contributed by atoms with Gasteiger partial charge in [0.1, 0.15) is 0 Å². The predicted molar refractivity (Wildman–Crippen MR) is 75.1 cm³/mol. The van der Waals surface area contributed by atoms with Crippen LogP contribution < -0.4 is 0 Å². The molecule has 0 spiro atoms. The Morgan fingerprint density at radius 2 is 2.15 bits per heavy atom. The van der Waals surface area contributed by atoms with E-state index in [9.17, 15) is 0 Å². The highest BCUT2D eigenvalue weighted by atomic mass is 16.5. The molecule has 5 heteroatoms. The molecule has 20 heavy (non-hydrogen) atoms. The SMILES string of the molecule is CCc1ccc(CN(C)Cc2noc(C3CC3)n2)nc1. The standard InChI is InChI=1S/C15H20N4O/c1-3-11-4-7-13(16-8-11)9-19(2)10-14-17-15(20-18-14)12-5-6-12/h4,7-8,12H,3,5-6,9-10H2,1-2H3. The van der Waals surface area contributed by atoms with Crippen LogP contribution in [0, 0.1) is 0 Å². The van der Waals surface area contributed by atoms with Crippen molar-refractivity contribution in [3.8, 4) is 0 Å². The van der Waals surface area contributed by atoms with E-state index in [1.165, 1.54) is 18.4 Å². The predicted octanol–water partition coefficient (Wildman–Crippen LogP) is 2.54. The monoisotopic (exact) mass is 272 g/mol. The van der Waals surface area contributed by atoms with Crippen LogP contribution in [0.5, 0.6) is 0 Å². The van der Waals surface area contributed by atoms with Crippen molar-refractivity contribution in [2.75, 3.05) is 7.05 Å². The topological polar surface area (TPSA) is 55.1 Å². The Balaban J connectivity index is 1.56. The van der Waals surface area contributed by atoms with Crippen LogP contribution in [-0.4, -0.2) is 27.1 Å². The van der Waals surface area contributed by atoms with Gasteiger partial charge in [0.25, 0.3) is 0 Å². The third-order valence-electron chi connectivity index (χ3n) is 3.55. The maximum atomic E-state index is 5.27. The minimum atomic E-state index is 0.518. The summed E-state index contributed by atoms with van der Waals surface area (Å²) in [5.41, 5.74) is 2.33. The zero-order chi connectivity index (χ0) is 13.9. The van der Waals surface area contributed by atoms with E-state index in [4.69, 9.17) is 4.52 Å². The smallest absolute Gasteiger partial charge is 0.229 e. The van der Waals surface area contributed by atoms with E-state index < -0.39 is 0 Å². The van der Waals surface area contributed by atoms with Crippen molar-refractivity contribution in [2.45, 2.75) is 45.2 Å². The molecule has 2 aromatic rings. The minimum absolute atomic E-state index is 0.518. The van der Waals surface area contributed by atoms with Crippen LogP contribution in [0.3, 0.4) is 0 Å². The second-order valence-electron chi connectivity index (χ2n) is 5.51. The molecule has 0 bridgehead atoms. The molecule has 3 rings (SSSR count). The molecular formula is C15H20N4O. The lowest BCUT2D eigenvalue weighted by Crippen LogP contribution is -2.18. The summed E-state index contributed by atoms with van der Waals surface area (Å²) in [6.07, 6.45) is 5.34. The van der Waals surface area contributed by atoms with Crippen molar-refractivity contribution in [3.05, 3.63) is 41.3 Å². The summed E-state index contributed by atoms with van der Waals surface area (Å²) in [5.74, 6) is 2.09. The summed E-state index contributed by atoms with van der Waals surface area (Å²) < 4.78 is 5.27. The molecule has 0 aliphatic heterocycles. The molecule has 2 aromatic heterocycles. The Morgan fingerprint density at radius 3 is 2.80 bits per heavy atom. The van der Waals surface area contributed by atoms with Gasteiger partial charge >= 0.3 is 0 Å². The van der Waals surface area contributed by atoms with Crippen molar-refractivity contribution in [2.24, 2.45) is 0 Å². The first-order chi connectivity index (χ1) is 9.74. The van der Waals surface area contributed by atoms with Crippen molar-refractivity contribution < 1.29 is 4.52 Å². The van der Waals surface area contributed by atoms with Crippen LogP contribution in [0.4, 0.5) is 0 Å². The molecule has 106 valence electrons. The molecule has 5 nitrogen and oxygen atoms in total. The van der Waals surface area contributed by atoms with E-state index in [2.05, 4.69) is 39.1 Å². The van der Waals surface area contributed by atoms with E-state index in [0.717, 1.165) is 30.4 Å². The summed E-state index contributed by atoms with van der Waals surface area (Å²) in [5, 5.41) is 4.04. The zero-order valence-electron chi connectivity index (χ0n) is 12.0. The van der Waals surface area contributed by atoms with Gasteiger partial charge in [0.15, 0.2) is 5.82 Å². The average Bonchev–Trinajstić information content (AvgIpc) is 3.20. The van der Waals surface area contributed by atoms with Crippen molar-refractivity contribution >= 4 is 0 Å². The fraction of sp³-hybridized carbons (Fsp3) is 0.533. The van der Waals surface area contributed by atoms with Gasteiger partial charge in [0, 0.05) is 18.7 Å². The van der Waals surface area contributed by atoms with E-state index in [0.29, 0.717) is 12.5 Å². The highest BCUT2D eigenvalue weighted by Gasteiger charge is 2.29. The molecule has 0 saturated heterocycles. The second-order valence-corrected chi connectivity index (χ2v) is 5.51. The summed E-state index contributed by atoms with van der Waals surface area (Å²) >= 11 is 0. The Bertz CT molecular complexity index is 560. The maximum Gasteiger partial charge on any atom is 0.229 e. The molecule has 1 saturated carbocycles. The molecule has 2 heterocycles. The number of nitrogens with zero attached hydrogens (tertiary/aromatic N) is 4. The zero-order valence-corrected chi connectivity index (χ0v) is 12.0.